The molecule has 1 saturated heterocycles. The van der Waals surface area contributed by atoms with Crippen LogP contribution in [0.3, 0.4) is 0 Å². The molecular weight excluding hydrogens is 444 g/mol. The highest BCUT2D eigenvalue weighted by atomic mass is 16.5. The molecule has 7 nitrogen and oxygen atoms in total. The molecule has 0 aliphatic carbocycles. The lowest BCUT2D eigenvalue weighted by Gasteiger charge is -2.41. The summed E-state index contributed by atoms with van der Waals surface area (Å²) in [5.74, 6) is 2.10. The number of methoxy groups -OCH3 is 3. The zero-order chi connectivity index (χ0) is 25.2. The van der Waals surface area contributed by atoms with E-state index in [2.05, 4.69) is 30.9 Å². The summed E-state index contributed by atoms with van der Waals surface area (Å²) in [4.78, 5) is 18.2. The molecule has 1 amide bonds. The molecule has 0 bridgehead atoms. The number of hydrogen-bond donors (Lipinski definition) is 0. The van der Waals surface area contributed by atoms with Crippen molar-refractivity contribution in [2.24, 2.45) is 0 Å². The molecule has 192 valence electrons. The van der Waals surface area contributed by atoms with Gasteiger partial charge in [-0.05, 0) is 69.1 Å². The average molecular weight is 485 g/mol. The summed E-state index contributed by atoms with van der Waals surface area (Å²) in [6.45, 7) is 8.05. The summed E-state index contributed by atoms with van der Waals surface area (Å²) in [5, 5.41) is 0. The molecule has 0 aromatic heterocycles. The maximum Gasteiger partial charge on any atom is 0.254 e. The van der Waals surface area contributed by atoms with Gasteiger partial charge in [-0.3, -0.25) is 9.69 Å². The Morgan fingerprint density at radius 2 is 1.80 bits per heavy atom. The number of nitrogens with zero attached hydrogens (tertiary/aromatic N) is 2. The Morgan fingerprint density at radius 3 is 2.46 bits per heavy atom. The van der Waals surface area contributed by atoms with Crippen LogP contribution >= 0.6 is 0 Å². The van der Waals surface area contributed by atoms with Gasteiger partial charge >= 0.3 is 0 Å². The zero-order valence-electron chi connectivity index (χ0n) is 21.8. The summed E-state index contributed by atoms with van der Waals surface area (Å²) in [6, 6.07) is 13.9. The summed E-state index contributed by atoms with van der Waals surface area (Å²) >= 11 is 0. The van der Waals surface area contributed by atoms with Gasteiger partial charge in [0, 0.05) is 50.9 Å². The zero-order valence-corrected chi connectivity index (χ0v) is 21.8. The van der Waals surface area contributed by atoms with Gasteiger partial charge in [-0.15, -0.1) is 0 Å². The fraction of sp³-hybridized carbons (Fsp3) is 0.536. The van der Waals surface area contributed by atoms with Gasteiger partial charge in [0.15, 0.2) is 11.5 Å². The minimum Gasteiger partial charge on any atom is -0.497 e. The number of rotatable bonds is 12. The molecule has 2 aromatic carbocycles. The highest BCUT2D eigenvalue weighted by Gasteiger charge is 2.31. The van der Waals surface area contributed by atoms with Crippen LogP contribution in [-0.2, 0) is 11.3 Å². The summed E-state index contributed by atoms with van der Waals surface area (Å²) in [6.07, 6.45) is 2.83. The van der Waals surface area contributed by atoms with Gasteiger partial charge in [0.2, 0.25) is 0 Å². The highest BCUT2D eigenvalue weighted by Crippen LogP contribution is 2.30. The lowest BCUT2D eigenvalue weighted by Crippen LogP contribution is -2.52. The van der Waals surface area contributed by atoms with E-state index in [0.29, 0.717) is 30.3 Å². The molecular formula is C28H40N2O5. The summed E-state index contributed by atoms with van der Waals surface area (Å²) in [7, 11) is 4.96. The Balaban J connectivity index is 1.72. The fourth-order valence-electron chi connectivity index (χ4n) is 4.67. The van der Waals surface area contributed by atoms with Crippen LogP contribution in [0.5, 0.6) is 17.2 Å². The van der Waals surface area contributed by atoms with Crippen molar-refractivity contribution in [3.05, 3.63) is 53.6 Å². The van der Waals surface area contributed by atoms with Crippen LogP contribution in [0.2, 0.25) is 0 Å². The second-order valence-corrected chi connectivity index (χ2v) is 9.25. The normalized spacial score (nSPS) is 16.2. The minimum absolute atomic E-state index is 0.0284. The number of carbonyl (C=O) groups excluding carboxylic acids is 1. The molecule has 1 fully saturated rings. The Labute approximate surface area is 209 Å². The molecule has 1 aliphatic rings. The Kier molecular flexibility index (Phi) is 10.2. The SMILES string of the molecule is COCCCOc1cc(C(=O)N(C(C)C)C2CCCN(Cc3ccc(OC)cc3)C2)ccc1OC. The monoisotopic (exact) mass is 484 g/mol. The number of carbonyl (C=O) groups is 1. The van der Waals surface area contributed by atoms with Gasteiger partial charge in [-0.25, -0.2) is 0 Å². The van der Waals surface area contributed by atoms with E-state index in [1.165, 1.54) is 5.56 Å². The van der Waals surface area contributed by atoms with Gasteiger partial charge in [-0.2, -0.15) is 0 Å². The van der Waals surface area contributed by atoms with E-state index in [4.69, 9.17) is 18.9 Å². The first-order valence-electron chi connectivity index (χ1n) is 12.4. The van der Waals surface area contributed by atoms with E-state index < -0.39 is 0 Å². The number of hydrogen-bond acceptors (Lipinski definition) is 6. The average Bonchev–Trinajstić information content (AvgIpc) is 2.87. The van der Waals surface area contributed by atoms with Crippen molar-refractivity contribution in [3.63, 3.8) is 0 Å². The molecule has 2 aromatic rings. The predicted molar refractivity (Wildman–Crippen MR) is 138 cm³/mol. The minimum atomic E-state index is 0.0284. The molecule has 0 radical (unpaired) electrons. The third-order valence-corrected chi connectivity index (χ3v) is 6.39. The van der Waals surface area contributed by atoms with Crippen molar-refractivity contribution in [2.45, 2.75) is 51.7 Å². The van der Waals surface area contributed by atoms with E-state index in [9.17, 15) is 4.79 Å². The molecule has 0 spiro atoms. The summed E-state index contributed by atoms with van der Waals surface area (Å²) in [5.41, 5.74) is 1.87. The van der Waals surface area contributed by atoms with Crippen molar-refractivity contribution in [1.82, 2.24) is 9.80 Å². The quantitative estimate of drug-likeness (QED) is 0.409. The highest BCUT2D eigenvalue weighted by molar-refractivity contribution is 5.95. The standard InChI is InChI=1S/C28H40N2O5/c1-21(2)30(24-8-6-15-29(20-24)19-22-9-12-25(33-4)13-10-22)28(31)23-11-14-26(34-5)27(18-23)35-17-7-16-32-3/h9-14,18,21,24H,6-8,15-17,19-20H2,1-5H3. The lowest BCUT2D eigenvalue weighted by atomic mass is 10.00. The molecule has 1 aliphatic heterocycles. The Hall–Kier alpha value is -2.77. The number of ether oxygens (including phenoxy) is 4. The Morgan fingerprint density at radius 1 is 1.03 bits per heavy atom. The number of piperidine rings is 1. The van der Waals surface area contributed by atoms with Crippen LogP contribution in [0.15, 0.2) is 42.5 Å². The maximum atomic E-state index is 13.7. The van der Waals surface area contributed by atoms with Crippen molar-refractivity contribution >= 4 is 5.91 Å². The van der Waals surface area contributed by atoms with Gasteiger partial charge < -0.3 is 23.8 Å². The number of benzene rings is 2. The first-order chi connectivity index (χ1) is 17.0. The van der Waals surface area contributed by atoms with E-state index in [1.807, 2.05) is 29.2 Å². The molecule has 35 heavy (non-hydrogen) atoms. The van der Waals surface area contributed by atoms with Crippen LogP contribution in [0.1, 0.15) is 49.0 Å². The van der Waals surface area contributed by atoms with E-state index >= 15 is 0 Å². The largest absolute Gasteiger partial charge is 0.497 e. The molecule has 0 N–H and O–H groups in total. The number of amides is 1. The smallest absolute Gasteiger partial charge is 0.254 e. The van der Waals surface area contributed by atoms with E-state index in [-0.39, 0.29) is 18.0 Å². The van der Waals surface area contributed by atoms with Gasteiger partial charge in [-0.1, -0.05) is 12.1 Å². The van der Waals surface area contributed by atoms with Gasteiger partial charge in [0.25, 0.3) is 5.91 Å². The molecule has 1 unspecified atom stereocenters. The third kappa shape index (κ3) is 7.36. The fourth-order valence-corrected chi connectivity index (χ4v) is 4.67. The van der Waals surface area contributed by atoms with Crippen LogP contribution in [0, 0.1) is 0 Å². The lowest BCUT2D eigenvalue weighted by molar-refractivity contribution is 0.0442. The van der Waals surface area contributed by atoms with Crippen molar-refractivity contribution in [1.29, 1.82) is 0 Å². The topological polar surface area (TPSA) is 60.5 Å². The van der Waals surface area contributed by atoms with Crippen LogP contribution in [0.25, 0.3) is 0 Å². The molecule has 1 atom stereocenters. The molecule has 7 heteroatoms. The first kappa shape index (κ1) is 26.8. The first-order valence-corrected chi connectivity index (χ1v) is 12.4. The van der Waals surface area contributed by atoms with E-state index in [1.54, 1.807) is 27.4 Å². The van der Waals surface area contributed by atoms with Crippen molar-refractivity contribution < 1.29 is 23.7 Å². The van der Waals surface area contributed by atoms with Crippen LogP contribution in [-0.4, -0.2) is 75.4 Å². The third-order valence-electron chi connectivity index (χ3n) is 6.39. The molecule has 0 saturated carbocycles. The molecule has 1 heterocycles. The van der Waals surface area contributed by atoms with Crippen molar-refractivity contribution in [2.75, 3.05) is 47.6 Å². The van der Waals surface area contributed by atoms with Crippen molar-refractivity contribution in [3.8, 4) is 17.2 Å². The van der Waals surface area contributed by atoms with E-state index in [0.717, 1.165) is 44.6 Å². The second kappa shape index (κ2) is 13.4. The Bertz CT molecular complexity index is 931. The summed E-state index contributed by atoms with van der Waals surface area (Å²) < 4.78 is 21.7. The maximum absolute atomic E-state index is 13.7. The van der Waals surface area contributed by atoms with Crippen LogP contribution in [0.4, 0.5) is 0 Å². The second-order valence-electron chi connectivity index (χ2n) is 9.25. The predicted octanol–water partition coefficient (Wildman–Crippen LogP) is 4.63. The van der Waals surface area contributed by atoms with Gasteiger partial charge in [0.05, 0.1) is 20.8 Å². The van der Waals surface area contributed by atoms with Crippen LogP contribution < -0.4 is 14.2 Å². The number of likely N-dealkylation sites (tertiary alicyclic amines) is 1. The molecule has 3 rings (SSSR count). The van der Waals surface area contributed by atoms with Gasteiger partial charge in [0.1, 0.15) is 5.75 Å².